The molecule has 0 saturated heterocycles. The molecular weight excluding hydrogens is 250 g/mol. The first kappa shape index (κ1) is 14.1. The number of aryl methyl sites for hydroxylation is 1. The number of rotatable bonds is 5. The van der Waals surface area contributed by atoms with Crippen LogP contribution in [0, 0.1) is 6.92 Å². The molecule has 0 atom stereocenters. The second kappa shape index (κ2) is 6.70. The Kier molecular flexibility index (Phi) is 4.71. The molecule has 2 N–H and O–H groups in total. The topological polar surface area (TPSA) is 54.0 Å². The van der Waals surface area contributed by atoms with Crippen molar-refractivity contribution in [1.82, 2.24) is 10.3 Å². The summed E-state index contributed by atoms with van der Waals surface area (Å²) < 4.78 is 0. The van der Waals surface area contributed by atoms with Gasteiger partial charge in [-0.1, -0.05) is 12.1 Å². The highest BCUT2D eigenvalue weighted by molar-refractivity contribution is 5.99. The normalized spacial score (nSPS) is 10.1. The molecular formula is C16H19N3O. The highest BCUT2D eigenvalue weighted by Crippen LogP contribution is 2.17. The van der Waals surface area contributed by atoms with E-state index < -0.39 is 0 Å². The van der Waals surface area contributed by atoms with Gasteiger partial charge in [-0.3, -0.25) is 9.78 Å². The minimum Gasteiger partial charge on any atom is -0.385 e. The third kappa shape index (κ3) is 3.57. The smallest absolute Gasteiger partial charge is 0.253 e. The number of hydrogen-bond donors (Lipinski definition) is 2. The molecule has 1 aromatic heterocycles. The molecule has 104 valence electrons. The van der Waals surface area contributed by atoms with Crippen LogP contribution in [0.3, 0.4) is 0 Å². The number of nitrogens with one attached hydrogen (secondary N) is 2. The quantitative estimate of drug-likeness (QED) is 0.877. The summed E-state index contributed by atoms with van der Waals surface area (Å²) >= 11 is 0. The summed E-state index contributed by atoms with van der Waals surface area (Å²) in [7, 11) is 0. The van der Waals surface area contributed by atoms with Gasteiger partial charge < -0.3 is 10.6 Å². The summed E-state index contributed by atoms with van der Waals surface area (Å²) in [5, 5.41) is 6.11. The Morgan fingerprint density at radius 2 is 2.10 bits per heavy atom. The number of carbonyl (C=O) groups excluding carboxylic acids is 1. The molecule has 0 aliphatic rings. The van der Waals surface area contributed by atoms with Gasteiger partial charge in [0.2, 0.25) is 0 Å². The number of aromatic nitrogens is 1. The van der Waals surface area contributed by atoms with E-state index in [1.54, 1.807) is 6.20 Å². The molecule has 2 aromatic rings. The van der Waals surface area contributed by atoms with E-state index >= 15 is 0 Å². The Labute approximate surface area is 119 Å². The molecule has 1 heterocycles. The van der Waals surface area contributed by atoms with Crippen LogP contribution in [0.2, 0.25) is 0 Å². The number of anilines is 1. The molecule has 4 nitrogen and oxygen atoms in total. The van der Waals surface area contributed by atoms with Crippen molar-refractivity contribution in [3.63, 3.8) is 0 Å². The first-order chi connectivity index (χ1) is 9.70. The molecule has 1 amide bonds. The Hall–Kier alpha value is -2.36. The van der Waals surface area contributed by atoms with Gasteiger partial charge in [0, 0.05) is 18.4 Å². The van der Waals surface area contributed by atoms with E-state index in [4.69, 9.17) is 0 Å². The average Bonchev–Trinajstić information content (AvgIpc) is 2.46. The number of nitrogens with zero attached hydrogens (tertiary/aromatic N) is 1. The highest BCUT2D eigenvalue weighted by atomic mass is 16.1. The third-order valence-corrected chi connectivity index (χ3v) is 2.94. The van der Waals surface area contributed by atoms with Crippen LogP contribution in [0.4, 0.5) is 5.69 Å². The van der Waals surface area contributed by atoms with Crippen molar-refractivity contribution in [2.75, 3.05) is 11.9 Å². The standard InChI is InChI=1S/C16H19N3O/c1-3-17-15-10-12(2)7-8-14(15)16(20)19-11-13-6-4-5-9-18-13/h4-10,17H,3,11H2,1-2H3,(H,19,20). The van der Waals surface area contributed by atoms with Crippen LogP contribution in [0.1, 0.15) is 28.5 Å². The van der Waals surface area contributed by atoms with E-state index in [2.05, 4.69) is 15.6 Å². The zero-order valence-corrected chi connectivity index (χ0v) is 11.8. The molecule has 0 spiro atoms. The number of carbonyl (C=O) groups is 1. The van der Waals surface area contributed by atoms with Gasteiger partial charge >= 0.3 is 0 Å². The Bertz CT molecular complexity index is 582. The molecule has 0 saturated carbocycles. The van der Waals surface area contributed by atoms with Gasteiger partial charge in [-0.25, -0.2) is 0 Å². The number of amides is 1. The van der Waals surface area contributed by atoms with Crippen LogP contribution in [0.5, 0.6) is 0 Å². The van der Waals surface area contributed by atoms with Crippen LogP contribution in [0.25, 0.3) is 0 Å². The van der Waals surface area contributed by atoms with Crippen molar-refractivity contribution in [2.24, 2.45) is 0 Å². The predicted octanol–water partition coefficient (Wildman–Crippen LogP) is 2.75. The third-order valence-electron chi connectivity index (χ3n) is 2.94. The van der Waals surface area contributed by atoms with Crippen LogP contribution in [0.15, 0.2) is 42.6 Å². The summed E-state index contributed by atoms with van der Waals surface area (Å²) in [6.45, 7) is 5.23. The summed E-state index contributed by atoms with van der Waals surface area (Å²) in [5.41, 5.74) is 3.50. The van der Waals surface area contributed by atoms with Crippen LogP contribution >= 0.6 is 0 Å². The van der Waals surface area contributed by atoms with E-state index in [1.807, 2.05) is 50.2 Å². The van der Waals surface area contributed by atoms with Gasteiger partial charge in [0.1, 0.15) is 0 Å². The SMILES string of the molecule is CCNc1cc(C)ccc1C(=O)NCc1ccccn1. The number of hydrogen-bond acceptors (Lipinski definition) is 3. The zero-order chi connectivity index (χ0) is 14.4. The summed E-state index contributed by atoms with van der Waals surface area (Å²) in [5.74, 6) is -0.0911. The van der Waals surface area contributed by atoms with Crippen molar-refractivity contribution >= 4 is 11.6 Å². The monoisotopic (exact) mass is 269 g/mol. The van der Waals surface area contributed by atoms with Gasteiger partial charge in [-0.05, 0) is 43.7 Å². The summed E-state index contributed by atoms with van der Waals surface area (Å²) in [6, 6.07) is 11.4. The molecule has 2 rings (SSSR count). The molecule has 0 fully saturated rings. The molecule has 0 aliphatic carbocycles. The lowest BCUT2D eigenvalue weighted by molar-refractivity contribution is 0.0951. The van der Waals surface area contributed by atoms with Gasteiger partial charge in [-0.15, -0.1) is 0 Å². The van der Waals surface area contributed by atoms with Crippen molar-refractivity contribution < 1.29 is 4.79 Å². The van der Waals surface area contributed by atoms with Crippen LogP contribution in [-0.4, -0.2) is 17.4 Å². The first-order valence-corrected chi connectivity index (χ1v) is 6.73. The van der Waals surface area contributed by atoms with Crippen molar-refractivity contribution in [2.45, 2.75) is 20.4 Å². The number of benzene rings is 1. The van der Waals surface area contributed by atoms with Gasteiger partial charge in [0.25, 0.3) is 5.91 Å². The van der Waals surface area contributed by atoms with Crippen LogP contribution in [-0.2, 0) is 6.54 Å². The van der Waals surface area contributed by atoms with Crippen LogP contribution < -0.4 is 10.6 Å². The minimum absolute atomic E-state index is 0.0911. The van der Waals surface area contributed by atoms with Crippen molar-refractivity contribution in [3.05, 3.63) is 59.4 Å². The predicted molar refractivity (Wildman–Crippen MR) is 80.7 cm³/mol. The maximum atomic E-state index is 12.2. The molecule has 0 bridgehead atoms. The minimum atomic E-state index is -0.0911. The number of pyridine rings is 1. The fraction of sp³-hybridized carbons (Fsp3) is 0.250. The maximum Gasteiger partial charge on any atom is 0.253 e. The van der Waals surface area contributed by atoms with Crippen molar-refractivity contribution in [3.8, 4) is 0 Å². The molecule has 4 heteroatoms. The second-order valence-electron chi connectivity index (χ2n) is 4.58. The molecule has 20 heavy (non-hydrogen) atoms. The lowest BCUT2D eigenvalue weighted by Crippen LogP contribution is -2.24. The van der Waals surface area contributed by atoms with E-state index in [9.17, 15) is 4.79 Å². The Balaban J connectivity index is 2.09. The lowest BCUT2D eigenvalue weighted by atomic mass is 10.1. The summed E-state index contributed by atoms with van der Waals surface area (Å²) in [6.07, 6.45) is 1.72. The van der Waals surface area contributed by atoms with Gasteiger partial charge in [0.15, 0.2) is 0 Å². The summed E-state index contributed by atoms with van der Waals surface area (Å²) in [4.78, 5) is 16.4. The highest BCUT2D eigenvalue weighted by Gasteiger charge is 2.11. The maximum absolute atomic E-state index is 12.2. The Morgan fingerprint density at radius 3 is 2.80 bits per heavy atom. The first-order valence-electron chi connectivity index (χ1n) is 6.73. The molecule has 0 radical (unpaired) electrons. The lowest BCUT2D eigenvalue weighted by Gasteiger charge is -2.12. The fourth-order valence-corrected chi connectivity index (χ4v) is 1.96. The average molecular weight is 269 g/mol. The molecule has 1 aromatic carbocycles. The fourth-order valence-electron chi connectivity index (χ4n) is 1.96. The largest absolute Gasteiger partial charge is 0.385 e. The molecule has 0 aliphatic heterocycles. The van der Waals surface area contributed by atoms with Crippen molar-refractivity contribution in [1.29, 1.82) is 0 Å². The van der Waals surface area contributed by atoms with E-state index in [0.29, 0.717) is 12.1 Å². The second-order valence-corrected chi connectivity index (χ2v) is 4.58. The molecule has 0 unspecified atom stereocenters. The van der Waals surface area contributed by atoms with E-state index in [-0.39, 0.29) is 5.91 Å². The van der Waals surface area contributed by atoms with Gasteiger partial charge in [0.05, 0.1) is 17.8 Å². The van der Waals surface area contributed by atoms with E-state index in [1.165, 1.54) is 0 Å². The van der Waals surface area contributed by atoms with Gasteiger partial charge in [-0.2, -0.15) is 0 Å². The van der Waals surface area contributed by atoms with E-state index in [0.717, 1.165) is 23.5 Å². The zero-order valence-electron chi connectivity index (χ0n) is 11.8. The Morgan fingerprint density at radius 1 is 1.25 bits per heavy atom.